The van der Waals surface area contributed by atoms with Gasteiger partial charge in [0.15, 0.2) is 5.15 Å². The van der Waals surface area contributed by atoms with E-state index in [0.29, 0.717) is 11.1 Å². The van der Waals surface area contributed by atoms with Gasteiger partial charge in [-0.25, -0.2) is 4.98 Å². The van der Waals surface area contributed by atoms with Crippen molar-refractivity contribution in [3.63, 3.8) is 0 Å². The summed E-state index contributed by atoms with van der Waals surface area (Å²) in [6.45, 7) is 5.36. The van der Waals surface area contributed by atoms with Crippen molar-refractivity contribution in [2.24, 2.45) is 0 Å². The van der Waals surface area contributed by atoms with Crippen LogP contribution < -0.4 is 0 Å². The Hall–Kier alpha value is -1.26. The molecule has 1 N–H and O–H groups in total. The number of fused-ring (bicyclic) bond motifs is 1. The second-order valence-corrected chi connectivity index (χ2v) is 5.14. The maximum Gasteiger partial charge on any atom is 0.155 e. The zero-order chi connectivity index (χ0) is 12.7. The largest absolute Gasteiger partial charge is 0.506 e. The lowest BCUT2D eigenvalue weighted by atomic mass is 10.1. The Bertz CT molecular complexity index is 581. The van der Waals surface area contributed by atoms with Gasteiger partial charge in [-0.3, -0.25) is 4.40 Å². The fraction of sp³-hybridized carbons (Fsp3) is 0.462. The first-order valence-electron chi connectivity index (χ1n) is 6.28. The van der Waals surface area contributed by atoms with Crippen LogP contribution in [0.3, 0.4) is 0 Å². The van der Waals surface area contributed by atoms with Gasteiger partial charge in [-0.05, 0) is 31.6 Å². The van der Waals surface area contributed by atoms with E-state index in [1.165, 1.54) is 0 Å². The van der Waals surface area contributed by atoms with Crippen LogP contribution in [0.2, 0.25) is 5.15 Å². The second kappa shape index (κ2) is 4.44. The molecule has 0 aliphatic carbocycles. The lowest BCUT2D eigenvalue weighted by molar-refractivity contribution is 0.352. The van der Waals surface area contributed by atoms with Gasteiger partial charge in [-0.15, -0.1) is 0 Å². The van der Waals surface area contributed by atoms with Gasteiger partial charge < -0.3 is 10.0 Å². The molecule has 1 aliphatic heterocycles. The summed E-state index contributed by atoms with van der Waals surface area (Å²) in [5.41, 5.74) is 0.861. The van der Waals surface area contributed by atoms with Crippen LogP contribution in [0.15, 0.2) is 18.3 Å². The molecule has 3 rings (SSSR count). The van der Waals surface area contributed by atoms with E-state index in [9.17, 15) is 5.11 Å². The molecule has 0 amide bonds. The average Bonchev–Trinajstić information content (AvgIpc) is 2.94. The summed E-state index contributed by atoms with van der Waals surface area (Å²) in [7, 11) is 0. The van der Waals surface area contributed by atoms with Crippen molar-refractivity contribution in [2.75, 3.05) is 19.6 Å². The monoisotopic (exact) mass is 265 g/mol. The highest BCUT2D eigenvalue weighted by molar-refractivity contribution is 6.32. The third kappa shape index (κ3) is 1.85. The Morgan fingerprint density at radius 1 is 1.50 bits per heavy atom. The molecule has 0 aromatic carbocycles. The third-order valence-corrected chi connectivity index (χ3v) is 3.97. The highest BCUT2D eigenvalue weighted by Gasteiger charge is 2.27. The number of nitrogens with zero attached hydrogens (tertiary/aromatic N) is 3. The van der Waals surface area contributed by atoms with Crippen molar-refractivity contribution in [3.8, 4) is 5.75 Å². The van der Waals surface area contributed by atoms with Crippen molar-refractivity contribution in [3.05, 3.63) is 29.3 Å². The van der Waals surface area contributed by atoms with E-state index in [1.54, 1.807) is 18.3 Å². The number of likely N-dealkylation sites (tertiary alicyclic amines) is 1. The van der Waals surface area contributed by atoms with Crippen LogP contribution >= 0.6 is 11.6 Å². The van der Waals surface area contributed by atoms with Crippen molar-refractivity contribution in [1.82, 2.24) is 14.3 Å². The summed E-state index contributed by atoms with van der Waals surface area (Å²) in [6.07, 6.45) is 2.79. The number of rotatable bonds is 2. The van der Waals surface area contributed by atoms with Gasteiger partial charge in [0.05, 0.1) is 11.7 Å². The number of hydrogen-bond acceptors (Lipinski definition) is 3. The summed E-state index contributed by atoms with van der Waals surface area (Å²) in [6, 6.07) is 3.44. The van der Waals surface area contributed by atoms with E-state index in [4.69, 9.17) is 11.6 Å². The fourth-order valence-electron chi connectivity index (χ4n) is 2.68. The number of aromatic nitrogens is 2. The zero-order valence-corrected chi connectivity index (χ0v) is 11.1. The highest BCUT2D eigenvalue weighted by Crippen LogP contribution is 2.30. The first-order chi connectivity index (χ1) is 8.69. The topological polar surface area (TPSA) is 40.8 Å². The number of imidazole rings is 1. The first kappa shape index (κ1) is 11.8. The molecule has 0 saturated carbocycles. The van der Waals surface area contributed by atoms with Crippen LogP contribution in [0.25, 0.3) is 5.52 Å². The molecule has 5 heteroatoms. The molecular formula is C13H16ClN3O. The van der Waals surface area contributed by atoms with Gasteiger partial charge in [0.25, 0.3) is 0 Å². The molecule has 1 fully saturated rings. The van der Waals surface area contributed by atoms with Gasteiger partial charge in [-0.1, -0.05) is 18.5 Å². The molecule has 3 heterocycles. The van der Waals surface area contributed by atoms with Crippen molar-refractivity contribution >= 4 is 17.1 Å². The van der Waals surface area contributed by atoms with Crippen molar-refractivity contribution in [1.29, 1.82) is 0 Å². The average molecular weight is 266 g/mol. The number of aromatic hydroxyl groups is 1. The minimum absolute atomic E-state index is 0.239. The minimum atomic E-state index is 0.239. The maximum atomic E-state index is 9.60. The second-order valence-electron chi connectivity index (χ2n) is 4.78. The van der Waals surface area contributed by atoms with E-state index in [-0.39, 0.29) is 5.75 Å². The lowest BCUT2D eigenvalue weighted by Gasteiger charge is -2.12. The van der Waals surface area contributed by atoms with Crippen LogP contribution in [0.1, 0.15) is 25.1 Å². The summed E-state index contributed by atoms with van der Waals surface area (Å²) in [5, 5.41) is 10.1. The van der Waals surface area contributed by atoms with Crippen molar-refractivity contribution in [2.45, 2.75) is 19.3 Å². The summed E-state index contributed by atoms with van der Waals surface area (Å²) < 4.78 is 1.92. The van der Waals surface area contributed by atoms with Crippen LogP contribution in [-0.2, 0) is 0 Å². The Morgan fingerprint density at radius 2 is 2.33 bits per heavy atom. The van der Waals surface area contributed by atoms with Crippen LogP contribution in [0, 0.1) is 0 Å². The third-order valence-electron chi connectivity index (χ3n) is 3.69. The van der Waals surface area contributed by atoms with Gasteiger partial charge in [-0.2, -0.15) is 0 Å². The van der Waals surface area contributed by atoms with Crippen molar-refractivity contribution < 1.29 is 5.11 Å². The molecule has 1 atom stereocenters. The predicted octanol–water partition coefficient (Wildman–Crippen LogP) is 2.50. The van der Waals surface area contributed by atoms with E-state index >= 15 is 0 Å². The highest BCUT2D eigenvalue weighted by atomic mass is 35.5. The molecule has 0 bridgehead atoms. The van der Waals surface area contributed by atoms with Gasteiger partial charge in [0, 0.05) is 12.5 Å². The molecule has 2 aromatic rings. The first-order valence-corrected chi connectivity index (χ1v) is 6.65. The summed E-state index contributed by atoms with van der Waals surface area (Å²) in [5.74, 6) is 1.59. The molecule has 1 unspecified atom stereocenters. The quantitative estimate of drug-likeness (QED) is 0.907. The molecule has 1 saturated heterocycles. The standard InChI is InChI=1S/C13H16ClN3O/c1-2-16-6-5-9(7-16)13-15-12(14)11-4-3-10(18)8-17(11)13/h3-4,8-9,18H,2,5-7H2,1H3. The predicted molar refractivity (Wildman–Crippen MR) is 71.3 cm³/mol. The Labute approximate surface area is 111 Å². The van der Waals surface area contributed by atoms with E-state index in [0.717, 1.165) is 37.4 Å². The maximum absolute atomic E-state index is 9.60. The Morgan fingerprint density at radius 3 is 3.06 bits per heavy atom. The van der Waals surface area contributed by atoms with Crippen LogP contribution in [0.4, 0.5) is 0 Å². The fourth-order valence-corrected chi connectivity index (χ4v) is 2.92. The van der Waals surface area contributed by atoms with E-state index < -0.39 is 0 Å². The lowest BCUT2D eigenvalue weighted by Crippen LogP contribution is -2.19. The van der Waals surface area contributed by atoms with Gasteiger partial charge in [0.2, 0.25) is 0 Å². The minimum Gasteiger partial charge on any atom is -0.506 e. The van der Waals surface area contributed by atoms with E-state index in [2.05, 4.69) is 16.8 Å². The molecular weight excluding hydrogens is 250 g/mol. The Balaban J connectivity index is 2.04. The summed E-state index contributed by atoms with van der Waals surface area (Å²) in [4.78, 5) is 6.88. The smallest absolute Gasteiger partial charge is 0.155 e. The van der Waals surface area contributed by atoms with Crippen LogP contribution in [0.5, 0.6) is 5.75 Å². The molecule has 0 radical (unpaired) electrons. The number of likely N-dealkylation sites (N-methyl/N-ethyl adjacent to an activating group) is 1. The molecule has 1 aliphatic rings. The summed E-state index contributed by atoms with van der Waals surface area (Å²) >= 11 is 6.15. The molecule has 18 heavy (non-hydrogen) atoms. The molecule has 96 valence electrons. The van der Waals surface area contributed by atoms with Crippen LogP contribution in [-0.4, -0.2) is 39.0 Å². The van der Waals surface area contributed by atoms with Gasteiger partial charge in [0.1, 0.15) is 11.6 Å². The number of hydrogen-bond donors (Lipinski definition) is 1. The van der Waals surface area contributed by atoms with E-state index in [1.807, 2.05) is 4.40 Å². The SMILES string of the molecule is CCN1CCC(c2nc(Cl)c3ccc(O)cn23)C1. The number of halogens is 1. The molecule has 0 spiro atoms. The van der Waals surface area contributed by atoms with Gasteiger partial charge >= 0.3 is 0 Å². The molecule has 2 aromatic heterocycles. The number of pyridine rings is 1. The molecule has 4 nitrogen and oxygen atoms in total. The Kier molecular flexibility index (Phi) is 2.92. The normalized spacial score (nSPS) is 20.9. The zero-order valence-electron chi connectivity index (χ0n) is 10.3.